The number of piperidine rings is 2. The van der Waals surface area contributed by atoms with E-state index in [2.05, 4.69) is 57.0 Å². The van der Waals surface area contributed by atoms with Crippen molar-refractivity contribution in [2.45, 2.75) is 109 Å². The second kappa shape index (κ2) is 15.7. The zero-order valence-corrected chi connectivity index (χ0v) is 36.1. The lowest BCUT2D eigenvalue weighted by Crippen LogP contribution is -2.56. The lowest BCUT2D eigenvalue weighted by molar-refractivity contribution is -0.141. The number of aromatic nitrogens is 4. The van der Waals surface area contributed by atoms with Gasteiger partial charge in [0.15, 0.2) is 0 Å². The Labute approximate surface area is 357 Å². The number of carbonyl (C=O) groups excluding carboxylic acids is 4. The third-order valence-electron chi connectivity index (χ3n) is 14.5. The molecule has 1 unspecified atom stereocenters. The number of rotatable bonds is 11. The van der Waals surface area contributed by atoms with Crippen molar-refractivity contribution in [1.82, 2.24) is 40.4 Å². The van der Waals surface area contributed by atoms with E-state index in [1.165, 1.54) is 30.9 Å². The summed E-state index contributed by atoms with van der Waals surface area (Å²) in [7, 11) is 2.63. The van der Waals surface area contributed by atoms with Crippen molar-refractivity contribution < 1.29 is 28.7 Å². The molecule has 0 radical (unpaired) electrons. The Balaban J connectivity index is 0.945. The van der Waals surface area contributed by atoms with Gasteiger partial charge < -0.3 is 39.9 Å². The highest BCUT2D eigenvalue weighted by molar-refractivity contribution is 5.88. The molecule has 6 atom stereocenters. The molecule has 4 bridgehead atoms. The van der Waals surface area contributed by atoms with E-state index < -0.39 is 35.3 Å². The Morgan fingerprint density at radius 1 is 0.672 bits per heavy atom. The van der Waals surface area contributed by atoms with E-state index in [1.807, 2.05) is 49.9 Å². The molecule has 9 rings (SSSR count). The van der Waals surface area contributed by atoms with Crippen LogP contribution in [0.1, 0.15) is 95.4 Å². The van der Waals surface area contributed by atoms with Crippen LogP contribution in [0.25, 0.3) is 33.6 Å². The van der Waals surface area contributed by atoms with Gasteiger partial charge in [-0.3, -0.25) is 9.59 Å². The molecule has 4 aromatic rings. The number of methoxy groups -OCH3 is 2. The fourth-order valence-electron chi connectivity index (χ4n) is 11.4. The van der Waals surface area contributed by atoms with Crippen molar-refractivity contribution >= 4 is 24.0 Å². The molecule has 2 aromatic carbocycles. The lowest BCUT2D eigenvalue weighted by Gasteiger charge is -2.40. The van der Waals surface area contributed by atoms with Crippen LogP contribution in [0.3, 0.4) is 0 Å². The van der Waals surface area contributed by atoms with Gasteiger partial charge in [0.05, 0.1) is 38.0 Å². The number of imidazole rings is 2. The zero-order chi connectivity index (χ0) is 42.8. The number of nitrogens with zero attached hydrogens (tertiary/aromatic N) is 4. The number of hydrogen-bond donors (Lipinski definition) is 4. The van der Waals surface area contributed by atoms with Crippen molar-refractivity contribution in [3.05, 3.63) is 71.6 Å². The summed E-state index contributed by atoms with van der Waals surface area (Å²) in [5.41, 5.74) is 8.05. The third-order valence-corrected chi connectivity index (χ3v) is 14.5. The number of alkyl carbamates (subject to hydrolysis) is 2. The van der Waals surface area contributed by atoms with Gasteiger partial charge in [0, 0.05) is 18.7 Å². The molecule has 2 saturated heterocycles. The first-order valence-corrected chi connectivity index (χ1v) is 22.0. The molecule has 3 aliphatic carbocycles. The number of aromatic amines is 2. The predicted octanol–water partition coefficient (Wildman–Crippen LogP) is 7.06. The number of hydrogen-bond acceptors (Lipinski definition) is 8. The monoisotopic (exact) mass is 830 g/mol. The van der Waals surface area contributed by atoms with Crippen LogP contribution in [0.15, 0.2) is 48.8 Å². The van der Waals surface area contributed by atoms with Crippen molar-refractivity contribution in [3.8, 4) is 33.6 Å². The minimum Gasteiger partial charge on any atom is -0.453 e. The number of carbonyl (C=O) groups is 4. The van der Waals surface area contributed by atoms with Crippen molar-refractivity contribution in [1.29, 1.82) is 0 Å². The number of H-pyrrole nitrogens is 2. The van der Waals surface area contributed by atoms with Crippen LogP contribution in [0.4, 0.5) is 9.59 Å². The first-order valence-electron chi connectivity index (χ1n) is 22.0. The maximum Gasteiger partial charge on any atom is 0.407 e. The van der Waals surface area contributed by atoms with E-state index in [0.717, 1.165) is 97.5 Å². The fourth-order valence-corrected chi connectivity index (χ4v) is 11.4. The maximum absolute atomic E-state index is 14.1. The Kier molecular flexibility index (Phi) is 10.5. The normalized spacial score (nSPS) is 24.7. The molecule has 14 heteroatoms. The molecule has 4 amide bonds. The quantitative estimate of drug-likeness (QED) is 0.124. The molecular weight excluding hydrogens is 773 g/mol. The van der Waals surface area contributed by atoms with Crippen molar-refractivity contribution in [2.24, 2.45) is 23.7 Å². The Morgan fingerprint density at radius 2 is 1.13 bits per heavy atom. The lowest BCUT2D eigenvalue weighted by atomic mass is 9.92. The summed E-state index contributed by atoms with van der Waals surface area (Å²) in [6.07, 6.45) is 11.1. The minimum atomic E-state index is -0.685. The number of amides is 4. The molecule has 322 valence electrons. The number of likely N-dealkylation sites (tertiary alicyclic amines) is 2. The van der Waals surface area contributed by atoms with E-state index >= 15 is 0 Å². The second-order valence-electron chi connectivity index (χ2n) is 18.7. The van der Waals surface area contributed by atoms with Gasteiger partial charge in [0.2, 0.25) is 11.8 Å². The molecule has 61 heavy (non-hydrogen) atoms. The van der Waals surface area contributed by atoms with Crippen molar-refractivity contribution in [3.63, 3.8) is 0 Å². The average molecular weight is 831 g/mol. The van der Waals surface area contributed by atoms with E-state index in [-0.39, 0.29) is 23.7 Å². The van der Waals surface area contributed by atoms with Crippen LogP contribution in [-0.4, -0.2) is 93.1 Å². The first-order chi connectivity index (χ1) is 29.3. The molecule has 2 aliphatic heterocycles. The van der Waals surface area contributed by atoms with Gasteiger partial charge in [-0.1, -0.05) is 64.1 Å². The fraction of sp³-hybridized carbons (Fsp3) is 0.532. The average Bonchev–Trinajstić information content (AvgIpc) is 4.13. The second-order valence-corrected chi connectivity index (χ2v) is 18.7. The summed E-state index contributed by atoms with van der Waals surface area (Å²) in [4.78, 5) is 73.5. The molecule has 14 nitrogen and oxygen atoms in total. The molecule has 4 fully saturated rings. The van der Waals surface area contributed by atoms with Crippen LogP contribution in [0, 0.1) is 23.7 Å². The topological polar surface area (TPSA) is 175 Å². The van der Waals surface area contributed by atoms with E-state index in [9.17, 15) is 19.2 Å². The van der Waals surface area contributed by atoms with E-state index in [0.29, 0.717) is 24.9 Å². The van der Waals surface area contributed by atoms with Crippen LogP contribution in [0.2, 0.25) is 0 Å². The largest absolute Gasteiger partial charge is 0.453 e. The highest BCUT2D eigenvalue weighted by Gasteiger charge is 2.58. The predicted molar refractivity (Wildman–Crippen MR) is 229 cm³/mol. The van der Waals surface area contributed by atoms with Gasteiger partial charge in [-0.25, -0.2) is 19.6 Å². The summed E-state index contributed by atoms with van der Waals surface area (Å²) in [5, 5.41) is 5.55. The van der Waals surface area contributed by atoms with Crippen LogP contribution in [0.5, 0.6) is 0 Å². The smallest absolute Gasteiger partial charge is 0.407 e. The number of fused-ring (bicyclic) bond motifs is 5. The molecule has 2 aromatic heterocycles. The van der Waals surface area contributed by atoms with Crippen LogP contribution < -0.4 is 10.6 Å². The van der Waals surface area contributed by atoms with Gasteiger partial charge >= 0.3 is 12.2 Å². The summed E-state index contributed by atoms with van der Waals surface area (Å²) in [6.45, 7) is 9.05. The number of benzene rings is 2. The maximum atomic E-state index is 14.1. The molecular formula is C47H58N8O6. The molecule has 5 aliphatic rings. The van der Waals surface area contributed by atoms with Gasteiger partial charge in [-0.2, -0.15) is 0 Å². The minimum absolute atomic E-state index is 0.0879. The van der Waals surface area contributed by atoms with Gasteiger partial charge in [0.25, 0.3) is 0 Å². The van der Waals surface area contributed by atoms with E-state index in [1.54, 1.807) is 0 Å². The van der Waals surface area contributed by atoms with E-state index in [4.69, 9.17) is 19.4 Å². The Morgan fingerprint density at radius 3 is 1.62 bits per heavy atom. The van der Waals surface area contributed by atoms with Gasteiger partial charge in [-0.05, 0) is 109 Å². The number of nitrogens with one attached hydrogen (secondary N) is 4. The van der Waals surface area contributed by atoms with Crippen LogP contribution >= 0.6 is 0 Å². The third kappa shape index (κ3) is 6.86. The SMILES string of the molecule is COC(=O)N[C@H](C(=O)N1C[C@H]2CCC1(c1ncc(-c3ccc(-c4ccc(-c5cnc([C@]67CC[C@H](CN6C(=O)[C@@H](NC(=O)OC)C(C)C)C7)[nH]5)c5c4CCC5)cc3)[nH]1)C2)C(C)C. The highest BCUT2D eigenvalue weighted by atomic mass is 16.5. The van der Waals surface area contributed by atoms with Gasteiger partial charge in [-0.15, -0.1) is 0 Å². The molecule has 2 saturated carbocycles. The summed E-state index contributed by atoms with van der Waals surface area (Å²) in [5.74, 6) is 2.03. The summed E-state index contributed by atoms with van der Waals surface area (Å²) in [6, 6.07) is 11.7. The van der Waals surface area contributed by atoms with Crippen molar-refractivity contribution in [2.75, 3.05) is 27.3 Å². The molecule has 4 N–H and O–H groups in total. The Bertz CT molecular complexity index is 2350. The molecule has 0 spiro atoms. The first kappa shape index (κ1) is 40.7. The van der Waals surface area contributed by atoms with Crippen LogP contribution in [-0.2, 0) is 43.0 Å². The van der Waals surface area contributed by atoms with Gasteiger partial charge in [0.1, 0.15) is 34.8 Å². The highest BCUT2D eigenvalue weighted by Crippen LogP contribution is 2.54. The number of ether oxygens (including phenoxy) is 2. The summed E-state index contributed by atoms with van der Waals surface area (Å²) < 4.78 is 9.69. The Hall–Kier alpha value is -5.66. The zero-order valence-electron chi connectivity index (χ0n) is 36.1. The molecule has 4 heterocycles. The summed E-state index contributed by atoms with van der Waals surface area (Å²) >= 11 is 0. The standard InChI is InChI=1S/C47H58N8O6/c1-26(2)38(52-44(58)60-5)40(56)54-24-28-16-18-46(54,20-28)42-48-22-36(50-42)31-12-10-30(11-13-31)32-14-15-35(34-9-7-8-33(32)34)37-23-49-43(51-37)47-19-17-29(21-47)25-55(47)41(57)39(27(3)4)53-45(59)61-6/h10-15,22-23,26-29,38-39H,7-9,16-21,24-25H2,1-6H3,(H,48,50)(H,49,51)(H,52,58)(H,53,59)/t28-,29-,38-,39-,46?,47+/m0/s1.